The van der Waals surface area contributed by atoms with Crippen LogP contribution in [-0.4, -0.2) is 65.3 Å². The standard InChI is InChI=1S/C17H19F3N2O2S2.C7H7FOS.CH4O/c1-16(23,17(18,19)20)13-4-6-14(7-5-13)21-8-10-22(11-9-21)26(24)15-3-2-12-25-15;1-9-10-7-4-2-6(8)3-5-7;1-2/h2-7,12,23H,8-11H2,1H3;2-5H,1H3;2H,1H3/p+1. The van der Waals surface area contributed by atoms with Crippen molar-refractivity contribution in [2.24, 2.45) is 0 Å². The van der Waals surface area contributed by atoms with Gasteiger partial charge in [-0.25, -0.2) is 12.9 Å². The average Bonchev–Trinajstić information content (AvgIpc) is 3.46. The summed E-state index contributed by atoms with van der Waals surface area (Å²) < 4.78 is 71.0. The molecule has 0 aliphatic carbocycles. The molecule has 1 saturated heterocycles. The minimum atomic E-state index is -4.73. The highest BCUT2D eigenvalue weighted by Crippen LogP contribution is 2.39. The van der Waals surface area contributed by atoms with Gasteiger partial charge < -0.3 is 15.1 Å². The molecule has 3 aromatic rings. The first-order chi connectivity index (χ1) is 18.0. The molecule has 4 rings (SSSR count). The Bertz CT molecular complexity index is 1110. The Morgan fingerprint density at radius 1 is 0.974 bits per heavy atom. The van der Waals surface area contributed by atoms with Crippen molar-refractivity contribution in [2.45, 2.75) is 27.8 Å². The molecule has 0 radical (unpaired) electrons. The third-order valence-electron chi connectivity index (χ3n) is 5.51. The molecular weight excluding hydrogens is 564 g/mol. The maximum atomic E-state index is 12.9. The summed E-state index contributed by atoms with van der Waals surface area (Å²) in [5.74, 6) is -0.213. The lowest BCUT2D eigenvalue weighted by Gasteiger charge is -2.35. The van der Waals surface area contributed by atoms with E-state index in [1.165, 1.54) is 35.6 Å². The second kappa shape index (κ2) is 15.0. The zero-order chi connectivity index (χ0) is 28.3. The van der Waals surface area contributed by atoms with Crippen LogP contribution in [0.15, 0.2) is 75.1 Å². The summed E-state index contributed by atoms with van der Waals surface area (Å²) in [6.45, 7) is 3.22. The van der Waals surface area contributed by atoms with E-state index in [9.17, 15) is 26.9 Å². The van der Waals surface area contributed by atoms with E-state index in [1.54, 1.807) is 31.4 Å². The Balaban J connectivity index is 0.000000353. The summed E-state index contributed by atoms with van der Waals surface area (Å²) in [5, 5.41) is 18.6. The van der Waals surface area contributed by atoms with Crippen molar-refractivity contribution in [1.82, 2.24) is 4.31 Å². The number of benzene rings is 2. The van der Waals surface area contributed by atoms with E-state index in [2.05, 4.69) is 0 Å². The van der Waals surface area contributed by atoms with Crippen molar-refractivity contribution >= 4 is 40.1 Å². The van der Waals surface area contributed by atoms with Crippen LogP contribution in [0.25, 0.3) is 0 Å². The zero-order valence-corrected chi connectivity index (χ0v) is 23.6. The van der Waals surface area contributed by atoms with Gasteiger partial charge >= 0.3 is 6.18 Å². The summed E-state index contributed by atoms with van der Waals surface area (Å²) in [6, 6.07) is 15.7. The first-order valence-electron chi connectivity index (χ1n) is 11.3. The van der Waals surface area contributed by atoms with Gasteiger partial charge in [0.15, 0.2) is 22.5 Å². The van der Waals surface area contributed by atoms with Gasteiger partial charge in [-0.3, -0.25) is 0 Å². The summed E-state index contributed by atoms with van der Waals surface area (Å²) in [5.41, 5.74) is -2.28. The van der Waals surface area contributed by atoms with Gasteiger partial charge in [0.25, 0.3) is 0 Å². The lowest BCUT2D eigenvalue weighted by Crippen LogP contribution is -2.46. The fraction of sp³-hybridized carbons (Fsp3) is 0.360. The van der Waals surface area contributed by atoms with Gasteiger partial charge in [-0.2, -0.15) is 17.4 Å². The van der Waals surface area contributed by atoms with Gasteiger partial charge in [0, 0.05) is 39.0 Å². The van der Waals surface area contributed by atoms with Gasteiger partial charge in [-0.15, -0.1) is 11.3 Å². The number of rotatable bonds is 6. The van der Waals surface area contributed by atoms with E-state index >= 15 is 0 Å². The van der Waals surface area contributed by atoms with E-state index < -0.39 is 22.8 Å². The maximum absolute atomic E-state index is 12.9. The van der Waals surface area contributed by atoms with E-state index in [-0.39, 0.29) is 11.4 Å². The Labute approximate surface area is 230 Å². The zero-order valence-electron chi connectivity index (χ0n) is 21.1. The van der Waals surface area contributed by atoms with Gasteiger partial charge in [-0.05, 0) is 60.3 Å². The molecule has 2 N–H and O–H groups in total. The number of piperazine rings is 1. The van der Waals surface area contributed by atoms with Gasteiger partial charge in [0.2, 0.25) is 0 Å². The Morgan fingerprint density at radius 2 is 1.55 bits per heavy atom. The number of thiol groups is 1. The number of nitrogens with zero attached hydrogens (tertiary/aromatic N) is 2. The topological polar surface area (TPSA) is 73.2 Å². The van der Waals surface area contributed by atoms with Gasteiger partial charge in [0.1, 0.15) is 21.0 Å². The average molecular weight is 596 g/mol. The highest BCUT2D eigenvalue weighted by Gasteiger charge is 2.51. The van der Waals surface area contributed by atoms with E-state index in [1.807, 2.05) is 26.7 Å². The summed E-state index contributed by atoms with van der Waals surface area (Å²) in [6.07, 6.45) is -4.73. The predicted octanol–water partition coefficient (Wildman–Crippen LogP) is 4.53. The number of aliphatic hydroxyl groups is 2. The largest absolute Gasteiger partial charge is 0.421 e. The molecule has 1 fully saturated rings. The van der Waals surface area contributed by atoms with Crippen LogP contribution in [0.2, 0.25) is 0 Å². The monoisotopic (exact) mass is 595 g/mol. The molecule has 6 nitrogen and oxygen atoms in total. The van der Waals surface area contributed by atoms with E-state index in [0.29, 0.717) is 26.2 Å². The van der Waals surface area contributed by atoms with Crippen molar-refractivity contribution in [1.29, 1.82) is 0 Å². The van der Waals surface area contributed by atoms with Crippen LogP contribution in [0.4, 0.5) is 23.2 Å². The third-order valence-corrected chi connectivity index (χ3v) is 8.89. The Morgan fingerprint density at radius 3 is 2.03 bits per heavy atom. The summed E-state index contributed by atoms with van der Waals surface area (Å²) in [7, 11) is 1.43. The van der Waals surface area contributed by atoms with E-state index in [0.717, 1.165) is 40.9 Å². The van der Waals surface area contributed by atoms with Crippen LogP contribution in [0.1, 0.15) is 12.5 Å². The highest BCUT2D eigenvalue weighted by atomic mass is 32.2. The number of halogens is 4. The van der Waals surface area contributed by atoms with Gasteiger partial charge in [0.05, 0.1) is 7.11 Å². The smallest absolute Gasteiger partial charge is 0.400 e. The molecule has 1 aliphatic rings. The molecule has 0 spiro atoms. The third kappa shape index (κ3) is 8.76. The second-order valence-electron chi connectivity index (χ2n) is 7.96. The van der Waals surface area contributed by atoms with Crippen LogP contribution in [0.3, 0.4) is 0 Å². The molecule has 0 saturated carbocycles. The molecule has 0 amide bonds. The summed E-state index contributed by atoms with van der Waals surface area (Å²) in [4.78, 5) is 3.00. The number of aliphatic hydroxyl groups excluding tert-OH is 1. The number of hydrogen-bond acceptors (Lipinski definition) is 6. The van der Waals surface area contributed by atoms with Crippen molar-refractivity contribution in [2.75, 3.05) is 45.3 Å². The molecule has 2 heterocycles. The second-order valence-corrected chi connectivity index (χ2v) is 11.7. The lowest BCUT2D eigenvalue weighted by atomic mass is 9.95. The van der Waals surface area contributed by atoms with Gasteiger partial charge in [-0.1, -0.05) is 18.2 Å². The van der Waals surface area contributed by atoms with Crippen molar-refractivity contribution < 1.29 is 36.2 Å². The van der Waals surface area contributed by atoms with Crippen LogP contribution in [0, 0.1) is 5.82 Å². The Kier molecular flexibility index (Phi) is 12.7. The van der Waals surface area contributed by atoms with Crippen LogP contribution >= 0.6 is 11.3 Å². The number of alkyl halides is 3. The molecule has 1 aromatic heterocycles. The van der Waals surface area contributed by atoms with Crippen LogP contribution < -0.4 is 4.90 Å². The molecule has 38 heavy (non-hydrogen) atoms. The molecule has 2 unspecified atom stereocenters. The molecule has 0 bridgehead atoms. The minimum Gasteiger partial charge on any atom is -0.400 e. The molecule has 13 heteroatoms. The van der Waals surface area contributed by atoms with Crippen molar-refractivity contribution in [3.63, 3.8) is 0 Å². The molecule has 2 aromatic carbocycles. The molecular formula is C25H31F4N2O4S3+. The first kappa shape index (κ1) is 32.2. The number of anilines is 1. The summed E-state index contributed by atoms with van der Waals surface area (Å²) >= 11 is 2.22. The maximum Gasteiger partial charge on any atom is 0.421 e. The molecule has 1 aliphatic heterocycles. The molecule has 2 atom stereocenters. The lowest BCUT2D eigenvalue weighted by molar-refractivity contribution is -0.258. The fourth-order valence-corrected chi connectivity index (χ4v) is 6.06. The predicted molar refractivity (Wildman–Crippen MR) is 145 cm³/mol. The Hall–Kier alpha value is -2.00. The van der Waals surface area contributed by atoms with Crippen LogP contribution in [0.5, 0.6) is 0 Å². The highest BCUT2D eigenvalue weighted by molar-refractivity contribution is 7.85. The first-order valence-corrected chi connectivity index (χ1v) is 14.1. The van der Waals surface area contributed by atoms with Crippen LogP contribution in [-0.2, 0) is 32.8 Å². The van der Waals surface area contributed by atoms with Crippen molar-refractivity contribution in [3.8, 4) is 0 Å². The SMILES string of the molecule is CC(O)(c1ccc(N2CCN(S(=O)c3cccs3)CC2)cc1)C(F)(F)F.CO.CO[SH+]c1ccc(F)cc1. The van der Waals surface area contributed by atoms with Crippen molar-refractivity contribution in [3.05, 3.63) is 77.4 Å². The van der Waals surface area contributed by atoms with E-state index in [4.69, 9.17) is 9.29 Å². The quantitative estimate of drug-likeness (QED) is 0.249. The normalized spacial score (nSPS) is 16.4. The minimum absolute atomic E-state index is 0.189. The number of thiophene rings is 1. The molecule has 210 valence electrons. The fourth-order valence-electron chi connectivity index (χ4n) is 3.37. The number of hydrogen-bond donors (Lipinski definition) is 2.